The van der Waals surface area contributed by atoms with Gasteiger partial charge in [-0.3, -0.25) is 0 Å². The molecule has 5 nitrogen and oxygen atoms in total. The fourth-order valence-electron chi connectivity index (χ4n) is 1.94. The van der Waals surface area contributed by atoms with Crippen LogP contribution in [0.1, 0.15) is 17.0 Å². The van der Waals surface area contributed by atoms with E-state index in [-0.39, 0.29) is 0 Å². The van der Waals surface area contributed by atoms with Crippen molar-refractivity contribution in [2.24, 2.45) is 12.8 Å². The first-order valence-electron chi connectivity index (χ1n) is 6.05. The van der Waals surface area contributed by atoms with Gasteiger partial charge in [0.05, 0.1) is 0 Å². The zero-order valence-corrected chi connectivity index (χ0v) is 11.9. The Morgan fingerprint density at radius 1 is 1.47 bits per heavy atom. The summed E-state index contributed by atoms with van der Waals surface area (Å²) < 4.78 is 1.91. The smallest absolute Gasteiger partial charge is 0.134 e. The van der Waals surface area contributed by atoms with Crippen LogP contribution in [-0.4, -0.2) is 26.3 Å². The van der Waals surface area contributed by atoms with Gasteiger partial charge in [0.25, 0.3) is 0 Å². The van der Waals surface area contributed by atoms with Crippen LogP contribution in [0.25, 0.3) is 0 Å². The van der Waals surface area contributed by atoms with Crippen molar-refractivity contribution < 1.29 is 0 Å². The van der Waals surface area contributed by atoms with Gasteiger partial charge in [-0.25, -0.2) is 0 Å². The fourth-order valence-corrected chi connectivity index (χ4v) is 2.11. The molecule has 0 aliphatic rings. The van der Waals surface area contributed by atoms with Crippen LogP contribution in [0.15, 0.2) is 24.5 Å². The number of benzene rings is 1. The Labute approximate surface area is 117 Å². The third-order valence-corrected chi connectivity index (χ3v) is 3.21. The molecule has 0 spiro atoms. The summed E-state index contributed by atoms with van der Waals surface area (Å²) >= 11 is 5.07. The molecule has 100 valence electrons. The molecule has 0 atom stereocenters. The third kappa shape index (κ3) is 3.08. The Hall–Kier alpha value is -1.95. The van der Waals surface area contributed by atoms with Crippen LogP contribution in [0.4, 0.5) is 5.69 Å². The van der Waals surface area contributed by atoms with E-state index < -0.39 is 0 Å². The average molecular weight is 275 g/mol. The summed E-state index contributed by atoms with van der Waals surface area (Å²) in [5.41, 5.74) is 8.75. The van der Waals surface area contributed by atoms with Gasteiger partial charge >= 0.3 is 0 Å². The number of nitrogens with one attached hydrogen (secondary N) is 1. The number of hydrogen-bond acceptors (Lipinski definition) is 4. The van der Waals surface area contributed by atoms with Gasteiger partial charge in [0.2, 0.25) is 0 Å². The van der Waals surface area contributed by atoms with E-state index in [1.807, 2.05) is 36.7 Å². The maximum atomic E-state index is 5.74. The molecule has 0 radical (unpaired) electrons. The molecular weight excluding hydrogens is 258 g/mol. The van der Waals surface area contributed by atoms with Crippen LogP contribution in [0, 0.1) is 6.92 Å². The van der Waals surface area contributed by atoms with E-state index in [0.29, 0.717) is 4.99 Å². The Morgan fingerprint density at radius 2 is 2.26 bits per heavy atom. The summed E-state index contributed by atoms with van der Waals surface area (Å²) in [6, 6.07) is 5.92. The van der Waals surface area contributed by atoms with E-state index in [4.69, 9.17) is 18.0 Å². The first-order chi connectivity index (χ1) is 9.09. The molecule has 2 rings (SSSR count). The number of thiocarbonyl (C=S) groups is 1. The van der Waals surface area contributed by atoms with Gasteiger partial charge < -0.3 is 15.6 Å². The molecule has 0 amide bonds. The summed E-state index contributed by atoms with van der Waals surface area (Å²) in [5, 5.41) is 11.3. The Kier molecular flexibility index (Phi) is 4.11. The Balaban J connectivity index is 2.07. The first kappa shape index (κ1) is 13.5. The molecule has 0 aliphatic carbocycles. The maximum Gasteiger partial charge on any atom is 0.134 e. The van der Waals surface area contributed by atoms with Crippen LogP contribution in [-0.2, 0) is 13.5 Å². The second kappa shape index (κ2) is 5.79. The predicted octanol–water partition coefficient (Wildman–Crippen LogP) is 1.41. The lowest BCUT2D eigenvalue weighted by molar-refractivity contribution is 0.788. The van der Waals surface area contributed by atoms with Crippen LogP contribution in [0.5, 0.6) is 0 Å². The van der Waals surface area contributed by atoms with Crippen LogP contribution >= 0.6 is 12.2 Å². The molecule has 0 saturated carbocycles. The molecule has 3 N–H and O–H groups in total. The largest absolute Gasteiger partial charge is 0.389 e. The van der Waals surface area contributed by atoms with Crippen molar-refractivity contribution in [3.05, 3.63) is 41.5 Å². The lowest BCUT2D eigenvalue weighted by Gasteiger charge is -2.13. The lowest BCUT2D eigenvalue weighted by atomic mass is 10.1. The molecule has 1 aromatic carbocycles. The Morgan fingerprint density at radius 3 is 2.89 bits per heavy atom. The number of hydrogen-bond donors (Lipinski definition) is 2. The standard InChI is InChI=1S/C13H17N5S/c1-9-4-3-5-10(13(14)19)12(9)15-7-6-11-17-16-8-18(11)2/h3-5,8,15H,6-7H2,1-2H3,(H2,14,19). The van der Waals surface area contributed by atoms with Crippen molar-refractivity contribution in [2.45, 2.75) is 13.3 Å². The summed E-state index contributed by atoms with van der Waals surface area (Å²) in [4.78, 5) is 0.407. The first-order valence-corrected chi connectivity index (χ1v) is 6.46. The normalized spacial score (nSPS) is 10.4. The van der Waals surface area contributed by atoms with Crippen LogP contribution < -0.4 is 11.1 Å². The van der Waals surface area contributed by atoms with Gasteiger partial charge in [0.1, 0.15) is 17.1 Å². The second-order valence-corrected chi connectivity index (χ2v) is 4.84. The predicted molar refractivity (Wildman–Crippen MR) is 80.3 cm³/mol. The number of nitrogens with zero attached hydrogens (tertiary/aromatic N) is 3. The van der Waals surface area contributed by atoms with Crippen molar-refractivity contribution in [1.29, 1.82) is 0 Å². The lowest BCUT2D eigenvalue weighted by Crippen LogP contribution is -2.16. The highest BCUT2D eigenvalue weighted by Crippen LogP contribution is 2.20. The second-order valence-electron chi connectivity index (χ2n) is 4.40. The van der Waals surface area contributed by atoms with Crippen molar-refractivity contribution >= 4 is 22.9 Å². The number of rotatable bonds is 5. The molecule has 6 heteroatoms. The minimum atomic E-state index is 0.407. The number of nitrogens with two attached hydrogens (primary N) is 1. The number of aromatic nitrogens is 3. The van der Waals surface area contributed by atoms with Crippen LogP contribution in [0.3, 0.4) is 0 Å². The van der Waals surface area contributed by atoms with Crippen molar-refractivity contribution in [1.82, 2.24) is 14.8 Å². The monoisotopic (exact) mass is 275 g/mol. The van der Waals surface area contributed by atoms with Gasteiger partial charge in [-0.05, 0) is 18.6 Å². The molecule has 19 heavy (non-hydrogen) atoms. The molecule has 1 aromatic heterocycles. The molecular formula is C13H17N5S. The number of aryl methyl sites for hydroxylation is 2. The number of para-hydroxylation sites is 1. The van der Waals surface area contributed by atoms with Gasteiger partial charge in [-0.2, -0.15) is 0 Å². The third-order valence-electron chi connectivity index (χ3n) is 2.99. The van der Waals surface area contributed by atoms with Gasteiger partial charge in [0.15, 0.2) is 0 Å². The number of anilines is 1. The fraction of sp³-hybridized carbons (Fsp3) is 0.308. The van der Waals surface area contributed by atoms with Crippen molar-refractivity contribution in [2.75, 3.05) is 11.9 Å². The average Bonchev–Trinajstić information content (AvgIpc) is 2.77. The molecule has 0 unspecified atom stereocenters. The summed E-state index contributed by atoms with van der Waals surface area (Å²) in [6.45, 7) is 2.79. The van der Waals surface area contributed by atoms with Crippen LogP contribution in [0.2, 0.25) is 0 Å². The zero-order chi connectivity index (χ0) is 13.8. The Bertz CT molecular complexity index is 590. The minimum absolute atomic E-state index is 0.407. The topological polar surface area (TPSA) is 68.8 Å². The van der Waals surface area contributed by atoms with Crippen molar-refractivity contribution in [3.8, 4) is 0 Å². The highest BCUT2D eigenvalue weighted by molar-refractivity contribution is 7.80. The minimum Gasteiger partial charge on any atom is -0.389 e. The highest BCUT2D eigenvalue weighted by atomic mass is 32.1. The van der Waals surface area contributed by atoms with Gasteiger partial charge in [0, 0.05) is 31.3 Å². The van der Waals surface area contributed by atoms with Crippen molar-refractivity contribution in [3.63, 3.8) is 0 Å². The van der Waals surface area contributed by atoms with E-state index in [0.717, 1.165) is 35.6 Å². The van der Waals surface area contributed by atoms with E-state index in [1.165, 1.54) is 0 Å². The molecule has 0 aliphatic heterocycles. The highest BCUT2D eigenvalue weighted by Gasteiger charge is 2.08. The zero-order valence-electron chi connectivity index (χ0n) is 11.1. The van der Waals surface area contributed by atoms with E-state index in [2.05, 4.69) is 15.5 Å². The molecule has 0 bridgehead atoms. The quantitative estimate of drug-likeness (QED) is 0.808. The molecule has 0 saturated heterocycles. The van der Waals surface area contributed by atoms with E-state index in [1.54, 1.807) is 6.33 Å². The van der Waals surface area contributed by atoms with Gasteiger partial charge in [-0.15, -0.1) is 10.2 Å². The SMILES string of the molecule is Cc1cccc(C(N)=S)c1NCCc1nncn1C. The van der Waals surface area contributed by atoms with E-state index in [9.17, 15) is 0 Å². The summed E-state index contributed by atoms with van der Waals surface area (Å²) in [7, 11) is 1.93. The van der Waals surface area contributed by atoms with Gasteiger partial charge in [-0.1, -0.05) is 24.4 Å². The summed E-state index contributed by atoms with van der Waals surface area (Å²) in [6.07, 6.45) is 2.49. The summed E-state index contributed by atoms with van der Waals surface area (Å²) in [5.74, 6) is 0.943. The molecule has 0 fully saturated rings. The molecule has 1 heterocycles. The maximum absolute atomic E-state index is 5.74. The molecule has 2 aromatic rings. The van der Waals surface area contributed by atoms with E-state index >= 15 is 0 Å².